The molecule has 2 nitrogen and oxygen atoms in total. The molecule has 0 N–H and O–H groups in total. The maximum atomic E-state index is 2.89. The van der Waals surface area contributed by atoms with Gasteiger partial charge in [-0.1, -0.05) is 55.0 Å². The SMILES string of the molecule is Cl.Cl.c1ccc2c(c1)CCN(CCN1CCCCC13CCc1ccccc1C3)CC2. The fourth-order valence-corrected chi connectivity index (χ4v) is 5.97. The Labute approximate surface area is 194 Å². The third kappa shape index (κ3) is 4.88. The normalized spacial score (nSPS) is 24.1. The fraction of sp³-hybridized carbons (Fsp3) is 0.538. The molecule has 0 bridgehead atoms. The number of nitrogens with zero attached hydrogens (tertiary/aromatic N) is 2. The molecule has 1 unspecified atom stereocenters. The second kappa shape index (κ2) is 10.5. The van der Waals surface area contributed by atoms with Crippen LogP contribution in [0.1, 0.15) is 47.9 Å². The van der Waals surface area contributed by atoms with Crippen LogP contribution in [-0.2, 0) is 25.7 Å². The molecule has 0 saturated carbocycles. The van der Waals surface area contributed by atoms with E-state index in [-0.39, 0.29) is 24.8 Å². The number of fused-ring (bicyclic) bond motifs is 2. The van der Waals surface area contributed by atoms with E-state index in [1.807, 2.05) is 0 Å². The van der Waals surface area contributed by atoms with Crippen molar-refractivity contribution >= 4 is 24.8 Å². The first kappa shape index (κ1) is 23.6. The van der Waals surface area contributed by atoms with E-state index in [1.54, 1.807) is 22.3 Å². The lowest BCUT2D eigenvalue weighted by Crippen LogP contribution is -2.56. The third-order valence-corrected chi connectivity index (χ3v) is 7.69. The van der Waals surface area contributed by atoms with Crippen molar-refractivity contribution in [1.82, 2.24) is 9.80 Å². The Bertz CT molecular complexity index is 797. The molecule has 30 heavy (non-hydrogen) atoms. The zero-order valence-corrected chi connectivity index (χ0v) is 19.7. The van der Waals surface area contributed by atoms with Gasteiger partial charge in [0, 0.05) is 31.7 Å². The maximum absolute atomic E-state index is 2.89. The molecule has 1 atom stereocenters. The Kier molecular flexibility index (Phi) is 8.26. The summed E-state index contributed by atoms with van der Waals surface area (Å²) >= 11 is 0. The minimum atomic E-state index is 0. The van der Waals surface area contributed by atoms with Crippen LogP contribution < -0.4 is 0 Å². The van der Waals surface area contributed by atoms with Crippen molar-refractivity contribution in [1.29, 1.82) is 0 Å². The summed E-state index contributed by atoms with van der Waals surface area (Å²) in [7, 11) is 0. The van der Waals surface area contributed by atoms with Crippen LogP contribution in [0.2, 0.25) is 0 Å². The van der Waals surface area contributed by atoms with Crippen molar-refractivity contribution in [3.8, 4) is 0 Å². The average Bonchev–Trinajstić information content (AvgIpc) is 2.96. The van der Waals surface area contributed by atoms with Gasteiger partial charge in [0.25, 0.3) is 0 Å². The molecule has 4 heteroatoms. The Hall–Kier alpha value is -1.06. The summed E-state index contributed by atoms with van der Waals surface area (Å²) in [6, 6.07) is 18.3. The van der Waals surface area contributed by atoms with Crippen molar-refractivity contribution < 1.29 is 0 Å². The van der Waals surface area contributed by atoms with Gasteiger partial charge in [0.1, 0.15) is 0 Å². The quantitative estimate of drug-likeness (QED) is 0.626. The smallest absolute Gasteiger partial charge is 0.0253 e. The van der Waals surface area contributed by atoms with E-state index in [0.717, 1.165) is 0 Å². The molecule has 0 amide bonds. The zero-order chi connectivity index (χ0) is 18.8. The lowest BCUT2D eigenvalue weighted by molar-refractivity contribution is 0.0260. The predicted octanol–water partition coefficient (Wildman–Crippen LogP) is 5.34. The molecule has 1 saturated heterocycles. The fourth-order valence-electron chi connectivity index (χ4n) is 5.97. The van der Waals surface area contributed by atoms with Gasteiger partial charge in [0.2, 0.25) is 0 Å². The number of hydrogen-bond donors (Lipinski definition) is 0. The Morgan fingerprint density at radius 1 is 0.633 bits per heavy atom. The van der Waals surface area contributed by atoms with E-state index in [0.29, 0.717) is 5.54 Å². The van der Waals surface area contributed by atoms with Gasteiger partial charge in [0.15, 0.2) is 0 Å². The van der Waals surface area contributed by atoms with E-state index < -0.39 is 0 Å². The predicted molar refractivity (Wildman–Crippen MR) is 131 cm³/mol. The Morgan fingerprint density at radius 3 is 1.90 bits per heavy atom. The molecule has 5 rings (SSSR count). The van der Waals surface area contributed by atoms with Crippen LogP contribution in [0.25, 0.3) is 0 Å². The molecule has 2 aromatic carbocycles. The van der Waals surface area contributed by atoms with Crippen molar-refractivity contribution in [2.45, 2.75) is 56.9 Å². The van der Waals surface area contributed by atoms with E-state index in [9.17, 15) is 0 Å². The highest BCUT2D eigenvalue weighted by Gasteiger charge is 2.40. The van der Waals surface area contributed by atoms with Crippen LogP contribution in [0.4, 0.5) is 0 Å². The van der Waals surface area contributed by atoms with Gasteiger partial charge in [-0.3, -0.25) is 4.90 Å². The molecule has 1 spiro atoms. The second-order valence-electron chi connectivity index (χ2n) is 9.22. The van der Waals surface area contributed by atoms with Gasteiger partial charge in [0.05, 0.1) is 0 Å². The van der Waals surface area contributed by atoms with Gasteiger partial charge in [-0.25, -0.2) is 0 Å². The number of hydrogen-bond acceptors (Lipinski definition) is 2. The zero-order valence-electron chi connectivity index (χ0n) is 18.0. The maximum Gasteiger partial charge on any atom is 0.0253 e. The number of piperidine rings is 1. The first-order valence-electron chi connectivity index (χ1n) is 11.4. The van der Waals surface area contributed by atoms with Gasteiger partial charge >= 0.3 is 0 Å². The van der Waals surface area contributed by atoms with E-state index in [4.69, 9.17) is 0 Å². The summed E-state index contributed by atoms with van der Waals surface area (Å²) in [6.45, 7) is 6.23. The molecular weight excluding hydrogens is 411 g/mol. The number of rotatable bonds is 3. The monoisotopic (exact) mass is 446 g/mol. The molecule has 2 heterocycles. The molecular formula is C26H36Cl2N2. The van der Waals surface area contributed by atoms with Crippen LogP contribution in [0.15, 0.2) is 48.5 Å². The molecule has 2 aliphatic heterocycles. The van der Waals surface area contributed by atoms with Crippen molar-refractivity contribution in [3.05, 3.63) is 70.8 Å². The minimum absolute atomic E-state index is 0. The first-order valence-corrected chi connectivity index (χ1v) is 11.4. The third-order valence-electron chi connectivity index (χ3n) is 7.69. The molecule has 1 aliphatic carbocycles. The summed E-state index contributed by atoms with van der Waals surface area (Å²) in [5.41, 5.74) is 6.79. The second-order valence-corrected chi connectivity index (χ2v) is 9.22. The Balaban J connectivity index is 0.00000128. The van der Waals surface area contributed by atoms with Gasteiger partial charge in [-0.2, -0.15) is 0 Å². The molecule has 0 aromatic heterocycles. The lowest BCUT2D eigenvalue weighted by atomic mass is 9.72. The van der Waals surface area contributed by atoms with Gasteiger partial charge in [-0.05, 0) is 73.7 Å². The van der Waals surface area contributed by atoms with Crippen molar-refractivity contribution in [2.75, 3.05) is 32.7 Å². The lowest BCUT2D eigenvalue weighted by Gasteiger charge is -2.50. The molecule has 2 aromatic rings. The van der Waals surface area contributed by atoms with Crippen LogP contribution in [0, 0.1) is 0 Å². The summed E-state index contributed by atoms with van der Waals surface area (Å²) in [5, 5.41) is 0. The minimum Gasteiger partial charge on any atom is -0.301 e. The highest BCUT2D eigenvalue weighted by molar-refractivity contribution is 5.85. The number of likely N-dealkylation sites (tertiary alicyclic amines) is 1. The van der Waals surface area contributed by atoms with Gasteiger partial charge < -0.3 is 4.90 Å². The van der Waals surface area contributed by atoms with Crippen molar-refractivity contribution in [2.24, 2.45) is 0 Å². The van der Waals surface area contributed by atoms with E-state index >= 15 is 0 Å². The number of aryl methyl sites for hydroxylation is 1. The largest absolute Gasteiger partial charge is 0.301 e. The van der Waals surface area contributed by atoms with Crippen LogP contribution in [-0.4, -0.2) is 48.1 Å². The topological polar surface area (TPSA) is 6.48 Å². The first-order chi connectivity index (χ1) is 13.8. The van der Waals surface area contributed by atoms with Gasteiger partial charge in [-0.15, -0.1) is 24.8 Å². The highest BCUT2D eigenvalue weighted by Crippen LogP contribution is 2.39. The summed E-state index contributed by atoms with van der Waals surface area (Å²) in [5.74, 6) is 0. The van der Waals surface area contributed by atoms with Crippen LogP contribution in [0.5, 0.6) is 0 Å². The van der Waals surface area contributed by atoms with Crippen LogP contribution in [0.3, 0.4) is 0 Å². The highest BCUT2D eigenvalue weighted by atomic mass is 35.5. The molecule has 0 radical (unpaired) electrons. The average molecular weight is 447 g/mol. The molecule has 164 valence electrons. The Morgan fingerprint density at radius 2 is 1.23 bits per heavy atom. The summed E-state index contributed by atoms with van der Waals surface area (Å²) in [6.07, 6.45) is 10.5. The van der Waals surface area contributed by atoms with Crippen molar-refractivity contribution in [3.63, 3.8) is 0 Å². The molecule has 1 fully saturated rings. The summed E-state index contributed by atoms with van der Waals surface area (Å²) < 4.78 is 0. The molecule has 3 aliphatic rings. The standard InChI is InChI=1S/C26H34N2.2ClH/c1-2-9-24-13-18-27(17-12-23(24)8-1)19-20-28-16-6-5-14-26(28)15-11-22-7-3-4-10-25(22)21-26;;/h1-4,7-10H,5-6,11-21H2;2*1H. The summed E-state index contributed by atoms with van der Waals surface area (Å²) in [4.78, 5) is 5.61. The number of halogens is 2. The van der Waals surface area contributed by atoms with E-state index in [1.165, 1.54) is 84.1 Å². The number of benzene rings is 2. The van der Waals surface area contributed by atoms with Crippen LogP contribution >= 0.6 is 24.8 Å². The van der Waals surface area contributed by atoms with E-state index in [2.05, 4.69) is 58.3 Å².